The molecule has 0 spiro atoms. The molecule has 126 valence electrons. The van der Waals surface area contributed by atoms with Crippen molar-refractivity contribution in [2.75, 3.05) is 7.11 Å². The summed E-state index contributed by atoms with van der Waals surface area (Å²) in [6, 6.07) is -0.837. The van der Waals surface area contributed by atoms with E-state index in [9.17, 15) is 14.4 Å². The molecule has 0 bridgehead atoms. The first-order chi connectivity index (χ1) is 9.96. The van der Waals surface area contributed by atoms with E-state index in [-0.39, 0.29) is 11.6 Å². The number of ether oxygens (including phenoxy) is 2. The quantitative estimate of drug-likeness (QED) is 0.575. The molecular formula is C15H26N2O5. The van der Waals surface area contributed by atoms with Crippen molar-refractivity contribution < 1.29 is 23.9 Å². The zero-order chi connectivity index (χ0) is 17.5. The average Bonchev–Trinajstić information content (AvgIpc) is 2.33. The molecule has 2 amide bonds. The topological polar surface area (TPSA) is 93.7 Å². The van der Waals surface area contributed by atoms with Crippen LogP contribution in [-0.4, -0.2) is 36.7 Å². The van der Waals surface area contributed by atoms with Gasteiger partial charge in [-0.15, -0.1) is 0 Å². The molecule has 7 nitrogen and oxygen atoms in total. The van der Waals surface area contributed by atoms with Crippen LogP contribution < -0.4 is 10.6 Å². The second kappa shape index (κ2) is 8.41. The highest BCUT2D eigenvalue weighted by Gasteiger charge is 2.26. The van der Waals surface area contributed by atoms with Crippen LogP contribution >= 0.6 is 0 Å². The summed E-state index contributed by atoms with van der Waals surface area (Å²) in [5.74, 6) is -1.14. The Balaban J connectivity index is 4.83. The van der Waals surface area contributed by atoms with E-state index in [0.717, 1.165) is 0 Å². The zero-order valence-corrected chi connectivity index (χ0v) is 14.1. The lowest BCUT2D eigenvalue weighted by molar-refractivity contribution is -0.138. The van der Waals surface area contributed by atoms with Crippen molar-refractivity contribution in [3.8, 4) is 0 Å². The lowest BCUT2D eigenvalue weighted by Gasteiger charge is -2.24. The molecule has 2 N–H and O–H groups in total. The second-order valence-corrected chi connectivity index (χ2v) is 6.29. The van der Waals surface area contributed by atoms with Gasteiger partial charge in [-0.2, -0.15) is 0 Å². The Morgan fingerprint density at radius 1 is 1.18 bits per heavy atom. The maximum atomic E-state index is 12.2. The summed E-state index contributed by atoms with van der Waals surface area (Å²) in [5.41, 5.74) is -0.856. The minimum absolute atomic E-state index is 0.150. The Bertz CT molecular complexity index is 438. The lowest BCUT2D eigenvalue weighted by atomic mass is 10.0. The van der Waals surface area contributed by atoms with E-state index in [2.05, 4.69) is 21.9 Å². The summed E-state index contributed by atoms with van der Waals surface area (Å²) in [5, 5.41) is 4.83. The molecule has 0 aliphatic carbocycles. The molecule has 22 heavy (non-hydrogen) atoms. The van der Waals surface area contributed by atoms with E-state index >= 15 is 0 Å². The summed E-state index contributed by atoms with van der Waals surface area (Å²) < 4.78 is 9.58. The van der Waals surface area contributed by atoms with Gasteiger partial charge in [0.2, 0.25) is 5.91 Å². The van der Waals surface area contributed by atoms with Crippen molar-refractivity contribution in [1.82, 2.24) is 10.6 Å². The van der Waals surface area contributed by atoms with E-state index in [0.29, 0.717) is 6.42 Å². The number of nitrogens with one attached hydrogen (secondary N) is 2. The smallest absolute Gasteiger partial charge is 0.408 e. The molecule has 0 saturated carbocycles. The minimum Gasteiger partial charge on any atom is -0.464 e. The maximum absolute atomic E-state index is 12.2. The molecule has 0 radical (unpaired) electrons. The summed E-state index contributed by atoms with van der Waals surface area (Å²) in [6.45, 7) is 12.4. The lowest BCUT2D eigenvalue weighted by Crippen LogP contribution is -2.49. The molecule has 0 aromatic carbocycles. The van der Waals surface area contributed by atoms with Gasteiger partial charge in [0.1, 0.15) is 17.3 Å². The first-order valence-corrected chi connectivity index (χ1v) is 7.04. The van der Waals surface area contributed by atoms with E-state index < -0.39 is 29.6 Å². The minimum atomic E-state index is -0.837. The highest BCUT2D eigenvalue weighted by Crippen LogP contribution is 2.10. The molecule has 0 aliphatic rings. The molecule has 0 heterocycles. The maximum Gasteiger partial charge on any atom is 0.408 e. The predicted octanol–water partition coefficient (Wildman–Crippen LogP) is 1.73. The normalized spacial score (nSPS) is 12.3. The summed E-state index contributed by atoms with van der Waals surface area (Å²) in [7, 11) is 1.18. The molecular weight excluding hydrogens is 288 g/mol. The molecule has 0 rings (SSSR count). The van der Waals surface area contributed by atoms with Gasteiger partial charge in [-0.3, -0.25) is 4.79 Å². The van der Waals surface area contributed by atoms with Crippen molar-refractivity contribution in [2.24, 2.45) is 5.92 Å². The summed E-state index contributed by atoms with van der Waals surface area (Å²) >= 11 is 0. The van der Waals surface area contributed by atoms with Gasteiger partial charge < -0.3 is 20.1 Å². The Hall–Kier alpha value is -2.05. The number of methoxy groups -OCH3 is 1. The predicted molar refractivity (Wildman–Crippen MR) is 81.9 cm³/mol. The Morgan fingerprint density at radius 2 is 1.73 bits per heavy atom. The van der Waals surface area contributed by atoms with Crippen molar-refractivity contribution >= 4 is 18.0 Å². The number of esters is 1. The van der Waals surface area contributed by atoms with Crippen LogP contribution in [0.5, 0.6) is 0 Å². The van der Waals surface area contributed by atoms with Gasteiger partial charge in [0.15, 0.2) is 0 Å². The van der Waals surface area contributed by atoms with Gasteiger partial charge in [0.05, 0.1) is 7.11 Å². The van der Waals surface area contributed by atoms with Crippen LogP contribution in [0, 0.1) is 5.92 Å². The summed E-state index contributed by atoms with van der Waals surface area (Å²) in [6.07, 6.45) is -0.309. The standard InChI is InChI=1S/C15H26N2O5/c1-9(2)8-11(17-14(20)22-15(4,5)6)12(18)16-10(3)13(19)21-7/h9,11H,3,8H2,1-2,4-7H3,(H,16,18)(H,17,20)/t11-/m0/s1. The van der Waals surface area contributed by atoms with Gasteiger partial charge in [-0.1, -0.05) is 20.4 Å². The molecule has 0 aliphatic heterocycles. The van der Waals surface area contributed by atoms with Crippen molar-refractivity contribution in [1.29, 1.82) is 0 Å². The van der Waals surface area contributed by atoms with Crippen LogP contribution in [0.15, 0.2) is 12.3 Å². The van der Waals surface area contributed by atoms with Crippen LogP contribution in [0.2, 0.25) is 0 Å². The molecule has 0 unspecified atom stereocenters. The highest BCUT2D eigenvalue weighted by molar-refractivity contribution is 5.95. The first kappa shape index (κ1) is 19.9. The summed E-state index contributed by atoms with van der Waals surface area (Å²) in [4.78, 5) is 35.2. The molecule has 0 aromatic rings. The van der Waals surface area contributed by atoms with Crippen molar-refractivity contribution in [2.45, 2.75) is 52.7 Å². The van der Waals surface area contributed by atoms with Crippen LogP contribution in [0.1, 0.15) is 41.0 Å². The molecule has 0 aromatic heterocycles. The number of hydrogen-bond donors (Lipinski definition) is 2. The Labute approximate surface area is 131 Å². The second-order valence-electron chi connectivity index (χ2n) is 6.29. The van der Waals surface area contributed by atoms with Crippen LogP contribution in [-0.2, 0) is 19.1 Å². The highest BCUT2D eigenvalue weighted by atomic mass is 16.6. The van der Waals surface area contributed by atoms with E-state index in [1.807, 2.05) is 13.8 Å². The molecule has 7 heteroatoms. The molecule has 1 atom stereocenters. The third kappa shape index (κ3) is 8.28. The van der Waals surface area contributed by atoms with E-state index in [1.165, 1.54) is 7.11 Å². The fourth-order valence-corrected chi connectivity index (χ4v) is 1.56. The Kier molecular flexibility index (Phi) is 7.62. The van der Waals surface area contributed by atoms with Crippen LogP contribution in [0.3, 0.4) is 0 Å². The van der Waals surface area contributed by atoms with Crippen molar-refractivity contribution in [3.63, 3.8) is 0 Å². The van der Waals surface area contributed by atoms with Crippen LogP contribution in [0.25, 0.3) is 0 Å². The van der Waals surface area contributed by atoms with Gasteiger partial charge in [0.25, 0.3) is 0 Å². The third-order valence-electron chi connectivity index (χ3n) is 2.42. The van der Waals surface area contributed by atoms with Gasteiger partial charge in [-0.05, 0) is 33.1 Å². The fourth-order valence-electron chi connectivity index (χ4n) is 1.56. The van der Waals surface area contributed by atoms with Crippen molar-refractivity contribution in [3.05, 3.63) is 12.3 Å². The average molecular weight is 314 g/mol. The van der Waals surface area contributed by atoms with Gasteiger partial charge >= 0.3 is 12.1 Å². The SMILES string of the molecule is C=C(NC(=O)[C@H](CC(C)C)NC(=O)OC(C)(C)C)C(=O)OC. The number of hydrogen-bond acceptors (Lipinski definition) is 5. The number of alkyl carbamates (subject to hydrolysis) is 1. The third-order valence-corrected chi connectivity index (χ3v) is 2.42. The van der Waals surface area contributed by atoms with Crippen LogP contribution in [0.4, 0.5) is 4.79 Å². The zero-order valence-electron chi connectivity index (χ0n) is 14.1. The number of carbonyl (C=O) groups is 3. The monoisotopic (exact) mass is 314 g/mol. The Morgan fingerprint density at radius 3 is 2.14 bits per heavy atom. The van der Waals surface area contributed by atoms with E-state index in [4.69, 9.17) is 4.74 Å². The molecule has 0 fully saturated rings. The number of carbonyl (C=O) groups excluding carboxylic acids is 3. The number of rotatable bonds is 6. The number of amides is 2. The van der Waals surface area contributed by atoms with Gasteiger partial charge in [-0.25, -0.2) is 9.59 Å². The first-order valence-electron chi connectivity index (χ1n) is 7.04. The fraction of sp³-hybridized carbons (Fsp3) is 0.667. The molecule has 0 saturated heterocycles. The van der Waals surface area contributed by atoms with E-state index in [1.54, 1.807) is 20.8 Å². The van der Waals surface area contributed by atoms with Gasteiger partial charge in [0, 0.05) is 0 Å². The largest absolute Gasteiger partial charge is 0.464 e.